The van der Waals surface area contributed by atoms with Crippen molar-refractivity contribution in [1.82, 2.24) is 4.72 Å². The molecule has 0 unspecified atom stereocenters. The number of nitrogens with zero attached hydrogens (tertiary/aromatic N) is 1. The summed E-state index contributed by atoms with van der Waals surface area (Å²) in [7, 11) is -4.52. The Morgan fingerprint density at radius 2 is 1.95 bits per heavy atom. The molecule has 0 radical (unpaired) electrons. The number of nitrogens with one attached hydrogen (secondary N) is 1. The molecule has 0 bridgehead atoms. The monoisotopic (exact) mass is 352 g/mol. The molecule has 2 rings (SSSR count). The Morgan fingerprint density at radius 3 is 2.41 bits per heavy atom. The second-order valence-electron chi connectivity index (χ2n) is 5.33. The Morgan fingerprint density at radius 1 is 1.36 bits per heavy atom. The number of hydrogen-bond donors (Lipinski definition) is 1. The first-order valence-corrected chi connectivity index (χ1v) is 8.18. The van der Waals surface area contributed by atoms with Crippen LogP contribution >= 0.6 is 11.6 Å². The summed E-state index contributed by atoms with van der Waals surface area (Å²) in [6, 6.07) is 4.24. The Balaban J connectivity index is 2.49. The van der Waals surface area contributed by atoms with Crippen LogP contribution in [0.25, 0.3) is 0 Å². The van der Waals surface area contributed by atoms with E-state index in [1.54, 1.807) is 0 Å². The van der Waals surface area contributed by atoms with Gasteiger partial charge in [0.2, 0.25) is 10.0 Å². The van der Waals surface area contributed by atoms with Crippen LogP contribution in [0.1, 0.15) is 25.3 Å². The molecule has 1 atom stereocenters. The van der Waals surface area contributed by atoms with Crippen molar-refractivity contribution in [2.75, 3.05) is 0 Å². The number of alkyl halides is 3. The van der Waals surface area contributed by atoms with E-state index < -0.39 is 32.2 Å². The summed E-state index contributed by atoms with van der Waals surface area (Å²) in [6.07, 6.45) is -3.57. The SMILES string of the molecule is C[C@@](C#N)(NS(=O)(=O)c1ccc(Cl)cc1C(F)(F)F)C1CC1. The molecule has 0 spiro atoms. The quantitative estimate of drug-likeness (QED) is 0.903. The Bertz CT molecular complexity index is 739. The molecular formula is C13H12ClF3N2O2S. The second kappa shape index (κ2) is 5.41. The van der Waals surface area contributed by atoms with Crippen LogP contribution in [0.2, 0.25) is 5.02 Å². The molecule has 0 aromatic heterocycles. The van der Waals surface area contributed by atoms with Crippen LogP contribution < -0.4 is 4.72 Å². The molecule has 0 saturated heterocycles. The first-order chi connectivity index (χ1) is 9.99. The van der Waals surface area contributed by atoms with Gasteiger partial charge in [-0.05, 0) is 43.9 Å². The summed E-state index contributed by atoms with van der Waals surface area (Å²) >= 11 is 5.53. The molecule has 1 aromatic rings. The fraction of sp³-hybridized carbons (Fsp3) is 0.462. The van der Waals surface area contributed by atoms with Gasteiger partial charge in [-0.1, -0.05) is 11.6 Å². The third-order valence-corrected chi connectivity index (χ3v) is 5.37. The molecule has 0 amide bonds. The van der Waals surface area contributed by atoms with Crippen molar-refractivity contribution < 1.29 is 21.6 Å². The lowest BCUT2D eigenvalue weighted by Gasteiger charge is -2.24. The first kappa shape index (κ1) is 17.1. The normalized spacial score (nSPS) is 18.5. The van der Waals surface area contributed by atoms with Crippen LogP contribution in [0.5, 0.6) is 0 Å². The van der Waals surface area contributed by atoms with Crippen LogP contribution in [-0.4, -0.2) is 14.0 Å². The summed E-state index contributed by atoms with van der Waals surface area (Å²) in [6.45, 7) is 1.37. The van der Waals surface area contributed by atoms with E-state index in [1.165, 1.54) is 6.92 Å². The topological polar surface area (TPSA) is 70.0 Å². The molecule has 1 fully saturated rings. The van der Waals surface area contributed by atoms with Gasteiger partial charge in [0.1, 0.15) is 5.54 Å². The van der Waals surface area contributed by atoms with Crippen molar-refractivity contribution in [3.05, 3.63) is 28.8 Å². The fourth-order valence-electron chi connectivity index (χ4n) is 2.15. The van der Waals surface area contributed by atoms with Gasteiger partial charge in [0.05, 0.1) is 16.5 Å². The van der Waals surface area contributed by atoms with Gasteiger partial charge >= 0.3 is 6.18 Å². The summed E-state index contributed by atoms with van der Waals surface area (Å²) < 4.78 is 65.8. The Labute approximate surface area is 130 Å². The predicted octanol–water partition coefficient (Wildman–Crippen LogP) is 3.33. The molecule has 22 heavy (non-hydrogen) atoms. The molecule has 0 aliphatic heterocycles. The van der Waals surface area contributed by atoms with E-state index in [4.69, 9.17) is 16.9 Å². The van der Waals surface area contributed by atoms with Crippen LogP contribution in [-0.2, 0) is 16.2 Å². The van der Waals surface area contributed by atoms with E-state index in [1.807, 2.05) is 6.07 Å². The predicted molar refractivity (Wildman–Crippen MR) is 73.5 cm³/mol. The van der Waals surface area contributed by atoms with E-state index >= 15 is 0 Å². The summed E-state index contributed by atoms with van der Waals surface area (Å²) in [5.74, 6) is -0.200. The largest absolute Gasteiger partial charge is 0.417 e. The summed E-state index contributed by atoms with van der Waals surface area (Å²) in [5, 5.41) is 8.93. The van der Waals surface area contributed by atoms with Crippen molar-refractivity contribution >= 4 is 21.6 Å². The molecule has 1 saturated carbocycles. The van der Waals surface area contributed by atoms with E-state index in [0.717, 1.165) is 12.1 Å². The molecule has 1 aliphatic rings. The first-order valence-electron chi connectivity index (χ1n) is 6.31. The molecule has 0 heterocycles. The van der Waals surface area contributed by atoms with Crippen molar-refractivity contribution in [2.24, 2.45) is 5.92 Å². The van der Waals surface area contributed by atoms with Gasteiger partial charge in [0.15, 0.2) is 0 Å². The average Bonchev–Trinajstić information content (AvgIpc) is 3.21. The Hall–Kier alpha value is -1.30. The third kappa shape index (κ3) is 3.37. The highest BCUT2D eigenvalue weighted by Crippen LogP contribution is 2.41. The zero-order valence-corrected chi connectivity index (χ0v) is 13.0. The van der Waals surface area contributed by atoms with Gasteiger partial charge in [0, 0.05) is 5.02 Å². The van der Waals surface area contributed by atoms with E-state index in [2.05, 4.69) is 4.72 Å². The minimum absolute atomic E-state index is 0.200. The lowest BCUT2D eigenvalue weighted by atomic mass is 10.0. The van der Waals surface area contributed by atoms with Gasteiger partial charge in [-0.2, -0.15) is 23.2 Å². The molecule has 120 valence electrons. The maximum atomic E-state index is 13.0. The van der Waals surface area contributed by atoms with E-state index in [0.29, 0.717) is 18.9 Å². The number of rotatable bonds is 4. The summed E-state index contributed by atoms with van der Waals surface area (Å²) in [5.41, 5.74) is -2.79. The van der Waals surface area contributed by atoms with Crippen LogP contribution in [0.4, 0.5) is 13.2 Å². The highest BCUT2D eigenvalue weighted by molar-refractivity contribution is 7.89. The average molecular weight is 353 g/mol. The van der Waals surface area contributed by atoms with Crippen LogP contribution in [0.15, 0.2) is 23.1 Å². The molecule has 1 aliphatic carbocycles. The minimum Gasteiger partial charge on any atom is -0.207 e. The zero-order chi connectivity index (χ0) is 16.8. The van der Waals surface area contributed by atoms with Gasteiger partial charge in [0.25, 0.3) is 0 Å². The zero-order valence-electron chi connectivity index (χ0n) is 11.4. The number of benzene rings is 1. The second-order valence-corrected chi connectivity index (χ2v) is 7.42. The van der Waals surface area contributed by atoms with Gasteiger partial charge < -0.3 is 0 Å². The lowest BCUT2D eigenvalue weighted by molar-refractivity contribution is -0.139. The smallest absolute Gasteiger partial charge is 0.207 e. The van der Waals surface area contributed by atoms with E-state index in [9.17, 15) is 21.6 Å². The van der Waals surface area contributed by atoms with Crippen molar-refractivity contribution in [1.29, 1.82) is 5.26 Å². The highest BCUT2D eigenvalue weighted by Gasteiger charge is 2.46. The van der Waals surface area contributed by atoms with Crippen molar-refractivity contribution in [3.8, 4) is 6.07 Å². The van der Waals surface area contributed by atoms with Gasteiger partial charge in [-0.15, -0.1) is 0 Å². The molecule has 1 N–H and O–H groups in total. The van der Waals surface area contributed by atoms with Gasteiger partial charge in [-0.25, -0.2) is 8.42 Å². The number of nitriles is 1. The summed E-state index contributed by atoms with van der Waals surface area (Å²) in [4.78, 5) is -0.938. The standard InChI is InChI=1S/C13H12ClF3N2O2S/c1-12(7-18,8-2-3-8)19-22(20,21)11-5-4-9(14)6-10(11)13(15,16)17/h4-6,8,19H,2-3H2,1H3/t12-/m0/s1. The number of hydrogen-bond acceptors (Lipinski definition) is 3. The maximum absolute atomic E-state index is 13.0. The third-order valence-electron chi connectivity index (χ3n) is 3.51. The number of sulfonamides is 1. The lowest BCUT2D eigenvalue weighted by Crippen LogP contribution is -2.46. The fourth-order valence-corrected chi connectivity index (χ4v) is 3.91. The van der Waals surface area contributed by atoms with Crippen molar-refractivity contribution in [2.45, 2.75) is 36.4 Å². The number of halogens is 4. The Kier molecular flexibility index (Phi) is 4.19. The molecule has 1 aromatic carbocycles. The van der Waals surface area contributed by atoms with Crippen LogP contribution in [0.3, 0.4) is 0 Å². The van der Waals surface area contributed by atoms with Gasteiger partial charge in [-0.3, -0.25) is 0 Å². The minimum atomic E-state index is -4.88. The van der Waals surface area contributed by atoms with Crippen molar-refractivity contribution in [3.63, 3.8) is 0 Å². The highest BCUT2D eigenvalue weighted by atomic mass is 35.5. The molecule has 4 nitrogen and oxygen atoms in total. The van der Waals surface area contributed by atoms with Crippen LogP contribution in [0, 0.1) is 17.2 Å². The maximum Gasteiger partial charge on any atom is 0.417 e. The van der Waals surface area contributed by atoms with E-state index in [-0.39, 0.29) is 10.9 Å². The molecular weight excluding hydrogens is 341 g/mol. The molecule has 9 heteroatoms.